The summed E-state index contributed by atoms with van der Waals surface area (Å²) in [5.74, 6) is -0.832. The molecule has 4 nitrogen and oxygen atoms in total. The maximum atomic E-state index is 13.1. The topological polar surface area (TPSA) is 53.2 Å². The Hall–Kier alpha value is -1.82. The molecule has 1 amide bonds. The molecule has 1 aliphatic rings. The standard InChI is InChI=1S/C19H21ClFN3O.ClH/c1-12-9-16(7-8-22-12)23-14-3-2-4-15(11-14)24-19(25)17-6-5-13(21)10-18(17)20;/h2-6,10-12,16,22-23H,7-9H2,1H3,(H,24,25);1H. The Balaban J connectivity index is 0.00000243. The molecule has 3 rings (SSSR count). The summed E-state index contributed by atoms with van der Waals surface area (Å²) in [4.78, 5) is 12.3. The highest BCUT2D eigenvalue weighted by atomic mass is 35.5. The average molecular weight is 398 g/mol. The molecular weight excluding hydrogens is 376 g/mol. The molecule has 2 aromatic carbocycles. The van der Waals surface area contributed by atoms with Crippen LogP contribution in [0.2, 0.25) is 5.02 Å². The van der Waals surface area contributed by atoms with Crippen LogP contribution in [0.15, 0.2) is 42.5 Å². The number of hydrogen-bond acceptors (Lipinski definition) is 3. The van der Waals surface area contributed by atoms with Crippen LogP contribution in [0.5, 0.6) is 0 Å². The van der Waals surface area contributed by atoms with Crippen molar-refractivity contribution in [3.63, 3.8) is 0 Å². The number of hydrogen-bond donors (Lipinski definition) is 3. The van der Waals surface area contributed by atoms with Gasteiger partial charge in [-0.15, -0.1) is 12.4 Å². The number of amides is 1. The van der Waals surface area contributed by atoms with Crippen LogP contribution in [0, 0.1) is 5.82 Å². The summed E-state index contributed by atoms with van der Waals surface area (Å²) in [5.41, 5.74) is 1.87. The van der Waals surface area contributed by atoms with Crippen LogP contribution in [0.1, 0.15) is 30.1 Å². The first-order valence-corrected chi connectivity index (χ1v) is 8.75. The second-order valence-electron chi connectivity index (χ2n) is 6.38. The Morgan fingerprint density at radius 2 is 2.00 bits per heavy atom. The zero-order chi connectivity index (χ0) is 17.8. The highest BCUT2D eigenvalue weighted by molar-refractivity contribution is 6.34. The third kappa shape index (κ3) is 5.34. The Kier molecular flexibility index (Phi) is 7.26. The van der Waals surface area contributed by atoms with Gasteiger partial charge in [0.05, 0.1) is 10.6 Å². The summed E-state index contributed by atoms with van der Waals surface area (Å²) < 4.78 is 13.1. The minimum Gasteiger partial charge on any atom is -0.382 e. The van der Waals surface area contributed by atoms with E-state index in [1.54, 1.807) is 0 Å². The van der Waals surface area contributed by atoms with Crippen LogP contribution < -0.4 is 16.0 Å². The highest BCUT2D eigenvalue weighted by Gasteiger charge is 2.18. The smallest absolute Gasteiger partial charge is 0.257 e. The molecule has 3 N–H and O–H groups in total. The van der Waals surface area contributed by atoms with E-state index in [9.17, 15) is 9.18 Å². The Morgan fingerprint density at radius 3 is 2.73 bits per heavy atom. The fraction of sp³-hybridized carbons (Fsp3) is 0.316. The lowest BCUT2D eigenvalue weighted by Gasteiger charge is -2.29. The molecule has 1 aliphatic heterocycles. The summed E-state index contributed by atoms with van der Waals surface area (Å²) in [5, 5.41) is 9.84. The van der Waals surface area contributed by atoms with Crippen molar-refractivity contribution >= 4 is 41.3 Å². The third-order valence-corrected chi connectivity index (χ3v) is 4.60. The quantitative estimate of drug-likeness (QED) is 0.700. The molecule has 2 aromatic rings. The van der Waals surface area contributed by atoms with Crippen LogP contribution in [-0.2, 0) is 0 Å². The first kappa shape index (κ1) is 20.5. The van der Waals surface area contributed by atoms with E-state index in [4.69, 9.17) is 11.6 Å². The van der Waals surface area contributed by atoms with Crippen molar-refractivity contribution in [2.45, 2.75) is 31.8 Å². The Morgan fingerprint density at radius 1 is 1.23 bits per heavy atom. The van der Waals surface area contributed by atoms with E-state index < -0.39 is 5.82 Å². The Bertz CT molecular complexity index is 772. The van der Waals surface area contributed by atoms with Gasteiger partial charge in [0.2, 0.25) is 0 Å². The van der Waals surface area contributed by atoms with Crippen molar-refractivity contribution in [1.82, 2.24) is 5.32 Å². The third-order valence-electron chi connectivity index (χ3n) is 4.29. The fourth-order valence-corrected chi connectivity index (χ4v) is 3.31. The lowest BCUT2D eigenvalue weighted by Crippen LogP contribution is -2.41. The first-order valence-electron chi connectivity index (χ1n) is 8.37. The number of benzene rings is 2. The molecule has 0 radical (unpaired) electrons. The number of nitrogens with one attached hydrogen (secondary N) is 3. The lowest BCUT2D eigenvalue weighted by atomic mass is 10.0. The van der Waals surface area contributed by atoms with Gasteiger partial charge in [-0.25, -0.2) is 4.39 Å². The second kappa shape index (κ2) is 9.21. The molecule has 26 heavy (non-hydrogen) atoms. The first-order chi connectivity index (χ1) is 12.0. The van der Waals surface area contributed by atoms with Crippen LogP contribution in [0.3, 0.4) is 0 Å². The van der Waals surface area contributed by atoms with Gasteiger partial charge in [-0.05, 0) is 62.7 Å². The van der Waals surface area contributed by atoms with E-state index in [-0.39, 0.29) is 28.9 Å². The summed E-state index contributed by atoms with van der Waals surface area (Å²) in [6, 6.07) is 12.2. The predicted octanol–water partition coefficient (Wildman–Crippen LogP) is 4.71. The van der Waals surface area contributed by atoms with Gasteiger partial charge >= 0.3 is 0 Å². The number of piperidine rings is 1. The maximum absolute atomic E-state index is 13.1. The van der Waals surface area contributed by atoms with E-state index in [0.717, 1.165) is 31.1 Å². The van der Waals surface area contributed by atoms with Gasteiger partial charge in [-0.3, -0.25) is 4.79 Å². The van der Waals surface area contributed by atoms with Gasteiger partial charge < -0.3 is 16.0 Å². The van der Waals surface area contributed by atoms with Crippen molar-refractivity contribution in [2.75, 3.05) is 17.2 Å². The van der Waals surface area contributed by atoms with Gasteiger partial charge in [0.15, 0.2) is 0 Å². The van der Waals surface area contributed by atoms with Crippen LogP contribution in [-0.4, -0.2) is 24.5 Å². The van der Waals surface area contributed by atoms with E-state index >= 15 is 0 Å². The zero-order valence-corrected chi connectivity index (χ0v) is 16.0. The van der Waals surface area contributed by atoms with Crippen molar-refractivity contribution in [3.05, 3.63) is 58.9 Å². The lowest BCUT2D eigenvalue weighted by molar-refractivity contribution is 0.102. The minimum absolute atomic E-state index is 0. The summed E-state index contributed by atoms with van der Waals surface area (Å²) in [7, 11) is 0. The SMILES string of the molecule is CC1CC(Nc2cccc(NC(=O)c3ccc(F)cc3Cl)c2)CCN1.Cl. The Labute approximate surface area is 163 Å². The number of carbonyl (C=O) groups is 1. The van der Waals surface area contributed by atoms with Crippen LogP contribution >= 0.6 is 24.0 Å². The average Bonchev–Trinajstić information content (AvgIpc) is 2.55. The van der Waals surface area contributed by atoms with E-state index in [1.165, 1.54) is 12.1 Å². The molecule has 7 heteroatoms. The second-order valence-corrected chi connectivity index (χ2v) is 6.79. The predicted molar refractivity (Wildman–Crippen MR) is 107 cm³/mol. The monoisotopic (exact) mass is 397 g/mol. The molecule has 0 bridgehead atoms. The molecule has 1 fully saturated rings. The molecule has 2 atom stereocenters. The molecule has 2 unspecified atom stereocenters. The molecule has 1 saturated heterocycles. The van der Waals surface area contributed by atoms with Crippen molar-refractivity contribution < 1.29 is 9.18 Å². The van der Waals surface area contributed by atoms with Crippen molar-refractivity contribution in [2.24, 2.45) is 0 Å². The zero-order valence-electron chi connectivity index (χ0n) is 14.4. The molecule has 0 aliphatic carbocycles. The summed E-state index contributed by atoms with van der Waals surface area (Å²) in [6.45, 7) is 3.18. The van der Waals surface area contributed by atoms with E-state index in [2.05, 4.69) is 22.9 Å². The number of rotatable bonds is 4. The van der Waals surface area contributed by atoms with Gasteiger partial charge in [0, 0.05) is 23.5 Å². The van der Waals surface area contributed by atoms with Crippen molar-refractivity contribution in [3.8, 4) is 0 Å². The highest BCUT2D eigenvalue weighted by Crippen LogP contribution is 2.22. The molecule has 0 aromatic heterocycles. The normalized spacial score (nSPS) is 19.3. The summed E-state index contributed by atoms with van der Waals surface area (Å²) >= 11 is 5.95. The molecule has 0 spiro atoms. The molecule has 0 saturated carbocycles. The maximum Gasteiger partial charge on any atom is 0.257 e. The number of anilines is 2. The van der Waals surface area contributed by atoms with Gasteiger partial charge in [-0.2, -0.15) is 0 Å². The molecule has 140 valence electrons. The molecule has 1 heterocycles. The molecular formula is C19H22Cl2FN3O. The van der Waals surface area contributed by atoms with E-state index in [0.29, 0.717) is 17.8 Å². The minimum atomic E-state index is -0.469. The number of halogens is 3. The number of carbonyl (C=O) groups excluding carboxylic acids is 1. The van der Waals surface area contributed by atoms with Crippen molar-refractivity contribution in [1.29, 1.82) is 0 Å². The largest absolute Gasteiger partial charge is 0.382 e. The fourth-order valence-electron chi connectivity index (χ4n) is 3.06. The van der Waals surface area contributed by atoms with Crippen LogP contribution in [0.25, 0.3) is 0 Å². The van der Waals surface area contributed by atoms with Crippen LogP contribution in [0.4, 0.5) is 15.8 Å². The summed E-state index contributed by atoms with van der Waals surface area (Å²) in [6.07, 6.45) is 2.12. The van der Waals surface area contributed by atoms with Gasteiger partial charge in [-0.1, -0.05) is 17.7 Å². The van der Waals surface area contributed by atoms with Gasteiger partial charge in [0.25, 0.3) is 5.91 Å². The van der Waals surface area contributed by atoms with Gasteiger partial charge in [0.1, 0.15) is 5.82 Å². The van der Waals surface area contributed by atoms with E-state index in [1.807, 2.05) is 24.3 Å².